The summed E-state index contributed by atoms with van der Waals surface area (Å²) in [6.07, 6.45) is 3.60. The molecule has 4 rings (SSSR count). The monoisotopic (exact) mass is 419 g/mol. The molecule has 4 aromatic rings. The normalized spacial score (nSPS) is 11.7. The average molecular weight is 420 g/mol. The molecule has 0 atom stereocenters. The summed E-state index contributed by atoms with van der Waals surface area (Å²) in [5.41, 5.74) is 4.53. The highest BCUT2D eigenvalue weighted by Crippen LogP contribution is 2.38. The number of nitrogens with one attached hydrogen (secondary N) is 2. The van der Waals surface area contributed by atoms with E-state index in [-0.39, 0.29) is 0 Å². The minimum atomic E-state index is -0.969. The first kappa shape index (κ1) is 20.4. The summed E-state index contributed by atoms with van der Waals surface area (Å²) in [4.78, 5) is 13.8. The van der Waals surface area contributed by atoms with Crippen molar-refractivity contribution >= 4 is 26.7 Å². The third-order valence-corrected chi connectivity index (χ3v) is 5.83. The van der Waals surface area contributed by atoms with Crippen LogP contribution in [0.4, 0.5) is 5.13 Å². The highest BCUT2D eigenvalue weighted by molar-refractivity contribution is 7.22. The maximum Gasteiger partial charge on any atom is 0.184 e. The van der Waals surface area contributed by atoms with Crippen molar-refractivity contribution in [3.8, 4) is 22.4 Å². The van der Waals surface area contributed by atoms with E-state index in [1.807, 2.05) is 30.3 Å². The number of rotatable bonds is 7. The summed E-state index contributed by atoms with van der Waals surface area (Å²) >= 11 is 1.63. The first-order chi connectivity index (χ1) is 14.5. The van der Waals surface area contributed by atoms with E-state index in [1.165, 1.54) is 0 Å². The maximum atomic E-state index is 10.2. The fourth-order valence-corrected chi connectivity index (χ4v) is 4.14. The van der Waals surface area contributed by atoms with Gasteiger partial charge in [0.2, 0.25) is 0 Å². The third-order valence-electron chi connectivity index (χ3n) is 4.77. The molecule has 0 aliphatic heterocycles. The average Bonchev–Trinajstić information content (AvgIpc) is 3.16. The van der Waals surface area contributed by atoms with E-state index in [0.717, 1.165) is 44.3 Å². The van der Waals surface area contributed by atoms with Crippen LogP contribution >= 0.6 is 11.3 Å². The molecule has 0 saturated carbocycles. The number of fused-ring (bicyclic) bond motifs is 1. The zero-order valence-corrected chi connectivity index (χ0v) is 18.1. The van der Waals surface area contributed by atoms with Crippen molar-refractivity contribution < 1.29 is 5.11 Å². The van der Waals surface area contributed by atoms with Gasteiger partial charge < -0.3 is 15.7 Å². The topological polar surface area (TPSA) is 83.0 Å². The lowest BCUT2D eigenvalue weighted by Gasteiger charge is -2.16. The van der Waals surface area contributed by atoms with Crippen LogP contribution in [0.3, 0.4) is 0 Å². The Morgan fingerprint density at radius 2 is 1.93 bits per heavy atom. The minimum absolute atomic E-state index is 0.640. The molecule has 1 aromatic carbocycles. The highest BCUT2D eigenvalue weighted by atomic mass is 32.1. The van der Waals surface area contributed by atoms with Crippen LogP contribution in [0.15, 0.2) is 54.9 Å². The number of benzene rings is 1. The Bertz CT molecular complexity index is 1130. The quantitative estimate of drug-likeness (QED) is 0.299. The largest absolute Gasteiger partial charge is 0.384 e. The molecule has 3 aromatic heterocycles. The number of pyridine rings is 2. The molecule has 7 heteroatoms. The van der Waals surface area contributed by atoms with Gasteiger partial charge in [0, 0.05) is 23.5 Å². The Balaban J connectivity index is 1.80. The van der Waals surface area contributed by atoms with E-state index in [9.17, 15) is 5.11 Å². The van der Waals surface area contributed by atoms with E-state index in [1.54, 1.807) is 37.6 Å². The number of thiazole rings is 1. The maximum absolute atomic E-state index is 10.2. The van der Waals surface area contributed by atoms with Gasteiger partial charge in [-0.15, -0.1) is 0 Å². The first-order valence-electron chi connectivity index (χ1n) is 9.95. The molecular formula is C23H25N5OS. The second-order valence-corrected chi connectivity index (χ2v) is 8.55. The van der Waals surface area contributed by atoms with E-state index in [0.29, 0.717) is 12.4 Å². The molecule has 0 spiro atoms. The molecule has 6 nitrogen and oxygen atoms in total. The summed E-state index contributed by atoms with van der Waals surface area (Å²) < 4.78 is 1.09. The molecule has 0 radical (unpaired) electrons. The molecule has 30 heavy (non-hydrogen) atoms. The van der Waals surface area contributed by atoms with Gasteiger partial charge in [-0.3, -0.25) is 9.97 Å². The molecule has 0 aliphatic carbocycles. The number of aliphatic hydroxyl groups is 1. The van der Waals surface area contributed by atoms with Gasteiger partial charge in [0.1, 0.15) is 5.60 Å². The lowest BCUT2D eigenvalue weighted by molar-refractivity contribution is 0.0739. The van der Waals surface area contributed by atoms with Gasteiger partial charge in [0.05, 0.1) is 28.3 Å². The molecule has 0 bridgehead atoms. The summed E-state index contributed by atoms with van der Waals surface area (Å²) in [6, 6.07) is 14.0. The Morgan fingerprint density at radius 1 is 1.07 bits per heavy atom. The number of hydrogen-bond donors (Lipinski definition) is 3. The smallest absolute Gasteiger partial charge is 0.184 e. The summed E-state index contributed by atoms with van der Waals surface area (Å²) in [5, 5.41) is 17.6. The lowest BCUT2D eigenvalue weighted by atomic mass is 9.99. The molecule has 0 fully saturated rings. The third kappa shape index (κ3) is 4.33. The van der Waals surface area contributed by atoms with E-state index < -0.39 is 5.60 Å². The van der Waals surface area contributed by atoms with Crippen molar-refractivity contribution in [1.29, 1.82) is 0 Å². The van der Waals surface area contributed by atoms with Crippen molar-refractivity contribution in [2.75, 3.05) is 18.5 Å². The van der Waals surface area contributed by atoms with Crippen LogP contribution in [0.2, 0.25) is 0 Å². The number of anilines is 1. The van der Waals surface area contributed by atoms with Gasteiger partial charge in [-0.1, -0.05) is 30.4 Å². The highest BCUT2D eigenvalue weighted by Gasteiger charge is 2.18. The molecule has 154 valence electrons. The van der Waals surface area contributed by atoms with E-state index in [4.69, 9.17) is 4.98 Å². The van der Waals surface area contributed by atoms with E-state index in [2.05, 4.69) is 39.7 Å². The van der Waals surface area contributed by atoms with Gasteiger partial charge in [-0.05, 0) is 56.3 Å². The molecule has 0 saturated heterocycles. The second-order valence-electron chi connectivity index (χ2n) is 7.55. The molecule has 3 N–H and O–H groups in total. The standard InChI is InChI=1S/C23H25N5OS/c1-4-24-14-27-22-28-19-12-16(15-8-9-20(26-13-15)23(2,3)29)11-17(21(19)30-22)18-7-5-6-10-25-18/h5-13,24,29H,4,14H2,1-3H3,(H,27,28). The molecule has 0 unspecified atom stereocenters. The lowest BCUT2D eigenvalue weighted by Crippen LogP contribution is -2.20. The van der Waals surface area contributed by atoms with Gasteiger partial charge in [0.15, 0.2) is 5.13 Å². The Morgan fingerprint density at radius 3 is 2.60 bits per heavy atom. The molecule has 3 heterocycles. The Hall–Kier alpha value is -2.87. The fraction of sp³-hybridized carbons (Fsp3) is 0.261. The zero-order valence-electron chi connectivity index (χ0n) is 17.3. The Kier molecular flexibility index (Phi) is 5.76. The van der Waals surface area contributed by atoms with Crippen LogP contribution in [-0.2, 0) is 5.60 Å². The SMILES string of the molecule is CCNCNc1nc2cc(-c3ccc(C(C)(C)O)nc3)cc(-c3ccccn3)c2s1. The van der Waals surface area contributed by atoms with Gasteiger partial charge >= 0.3 is 0 Å². The predicted octanol–water partition coefficient (Wildman–Crippen LogP) is 4.63. The minimum Gasteiger partial charge on any atom is -0.384 e. The van der Waals surface area contributed by atoms with Crippen molar-refractivity contribution in [3.05, 3.63) is 60.6 Å². The van der Waals surface area contributed by atoms with Crippen molar-refractivity contribution in [3.63, 3.8) is 0 Å². The van der Waals surface area contributed by atoms with Crippen LogP contribution < -0.4 is 10.6 Å². The number of hydrogen-bond acceptors (Lipinski definition) is 7. The summed E-state index contributed by atoms with van der Waals surface area (Å²) in [7, 11) is 0. The van der Waals surface area contributed by atoms with Gasteiger partial charge in [-0.2, -0.15) is 0 Å². The Labute approximate surface area is 180 Å². The van der Waals surface area contributed by atoms with Crippen LogP contribution in [-0.4, -0.2) is 33.3 Å². The van der Waals surface area contributed by atoms with Crippen molar-refractivity contribution in [1.82, 2.24) is 20.3 Å². The molecule has 0 aliphatic rings. The fourth-order valence-electron chi connectivity index (χ4n) is 3.18. The van der Waals surface area contributed by atoms with Crippen LogP contribution in [0.5, 0.6) is 0 Å². The van der Waals surface area contributed by atoms with Gasteiger partial charge in [-0.25, -0.2) is 4.98 Å². The van der Waals surface area contributed by atoms with Crippen LogP contribution in [0.25, 0.3) is 32.6 Å². The van der Waals surface area contributed by atoms with E-state index >= 15 is 0 Å². The molecular weight excluding hydrogens is 394 g/mol. The van der Waals surface area contributed by atoms with Crippen LogP contribution in [0.1, 0.15) is 26.5 Å². The molecule has 0 amide bonds. The number of nitrogens with zero attached hydrogens (tertiary/aromatic N) is 3. The first-order valence-corrected chi connectivity index (χ1v) is 10.8. The van der Waals surface area contributed by atoms with Crippen molar-refractivity contribution in [2.45, 2.75) is 26.4 Å². The predicted molar refractivity (Wildman–Crippen MR) is 123 cm³/mol. The zero-order chi connectivity index (χ0) is 21.1. The van der Waals surface area contributed by atoms with Crippen molar-refractivity contribution in [2.24, 2.45) is 0 Å². The summed E-state index contributed by atoms with van der Waals surface area (Å²) in [5.74, 6) is 0. The number of aromatic nitrogens is 3. The summed E-state index contributed by atoms with van der Waals surface area (Å²) in [6.45, 7) is 7.11. The van der Waals surface area contributed by atoms with Gasteiger partial charge in [0.25, 0.3) is 0 Å². The second kappa shape index (κ2) is 8.47. The van der Waals surface area contributed by atoms with Crippen LogP contribution in [0, 0.1) is 0 Å².